The van der Waals surface area contributed by atoms with Crippen LogP contribution in [0.5, 0.6) is 0 Å². The lowest BCUT2D eigenvalue weighted by molar-refractivity contribution is -0.384. The third-order valence-electron chi connectivity index (χ3n) is 2.80. The molecule has 1 aromatic carbocycles. The van der Waals surface area contributed by atoms with Gasteiger partial charge in [0, 0.05) is 24.2 Å². The van der Waals surface area contributed by atoms with E-state index in [4.69, 9.17) is 11.6 Å². The lowest BCUT2D eigenvalue weighted by atomic mass is 10.2. The van der Waals surface area contributed by atoms with Crippen LogP contribution < -0.4 is 4.90 Å². The summed E-state index contributed by atoms with van der Waals surface area (Å²) in [7, 11) is 0. The van der Waals surface area contributed by atoms with Crippen LogP contribution >= 0.6 is 22.9 Å². The largest absolute Gasteiger partial charge is 0.395 e. The van der Waals surface area contributed by atoms with Gasteiger partial charge >= 0.3 is 0 Å². The number of nitro benzene ring substituents is 1. The second-order valence-electron chi connectivity index (χ2n) is 4.17. The van der Waals surface area contributed by atoms with E-state index in [9.17, 15) is 15.2 Å². The van der Waals surface area contributed by atoms with Crippen LogP contribution in [-0.4, -0.2) is 23.2 Å². The summed E-state index contributed by atoms with van der Waals surface area (Å²) in [6.45, 7) is 0.745. The summed E-state index contributed by atoms with van der Waals surface area (Å²) >= 11 is 7.38. The van der Waals surface area contributed by atoms with Crippen LogP contribution in [0.1, 0.15) is 5.56 Å². The van der Waals surface area contributed by atoms with E-state index in [1.807, 2.05) is 16.8 Å². The van der Waals surface area contributed by atoms with E-state index in [0.29, 0.717) is 23.8 Å². The molecule has 7 heteroatoms. The molecule has 1 N–H and O–H groups in total. The molecule has 0 aliphatic rings. The maximum absolute atomic E-state index is 11.1. The molecule has 0 aliphatic carbocycles. The van der Waals surface area contributed by atoms with Crippen molar-refractivity contribution >= 4 is 34.3 Å². The number of thiophene rings is 1. The van der Waals surface area contributed by atoms with Crippen molar-refractivity contribution in [3.05, 3.63) is 55.7 Å². The van der Waals surface area contributed by atoms with E-state index in [2.05, 4.69) is 0 Å². The summed E-state index contributed by atoms with van der Waals surface area (Å²) in [4.78, 5) is 12.5. The summed E-state index contributed by atoms with van der Waals surface area (Å²) in [6, 6.07) is 6.51. The SMILES string of the molecule is O=[N+]([O-])c1cc(Cl)ccc1N(CCO)Cc1ccsc1. The number of nitrogens with zero attached hydrogens (tertiary/aromatic N) is 2. The number of anilines is 1. The minimum absolute atomic E-state index is 0.0545. The Labute approximate surface area is 125 Å². The molecule has 0 bridgehead atoms. The summed E-state index contributed by atoms with van der Waals surface area (Å²) in [5.74, 6) is 0. The van der Waals surface area contributed by atoms with Gasteiger partial charge in [-0.15, -0.1) is 0 Å². The van der Waals surface area contributed by atoms with Gasteiger partial charge in [0.05, 0.1) is 11.5 Å². The zero-order valence-electron chi connectivity index (χ0n) is 10.5. The number of rotatable bonds is 6. The highest BCUT2D eigenvalue weighted by atomic mass is 35.5. The molecule has 0 spiro atoms. The Morgan fingerprint density at radius 1 is 1.40 bits per heavy atom. The molecular weight excluding hydrogens is 300 g/mol. The van der Waals surface area contributed by atoms with Gasteiger partial charge in [-0.2, -0.15) is 11.3 Å². The molecule has 20 heavy (non-hydrogen) atoms. The Morgan fingerprint density at radius 3 is 2.80 bits per heavy atom. The molecule has 0 unspecified atom stereocenters. The van der Waals surface area contributed by atoms with Gasteiger partial charge in [-0.3, -0.25) is 10.1 Å². The third-order valence-corrected chi connectivity index (χ3v) is 3.77. The predicted octanol–water partition coefficient (Wildman–Crippen LogP) is 3.31. The normalized spacial score (nSPS) is 10.5. The number of aliphatic hydroxyl groups excluding tert-OH is 1. The molecule has 1 heterocycles. The molecule has 5 nitrogen and oxygen atoms in total. The Bertz CT molecular complexity index is 589. The number of nitro groups is 1. The van der Waals surface area contributed by atoms with Gasteiger partial charge in [0.1, 0.15) is 5.69 Å². The van der Waals surface area contributed by atoms with Crippen molar-refractivity contribution in [3.63, 3.8) is 0 Å². The first kappa shape index (κ1) is 14.8. The maximum Gasteiger partial charge on any atom is 0.294 e. The fourth-order valence-electron chi connectivity index (χ4n) is 1.92. The standard InChI is InChI=1S/C13H13ClN2O3S/c14-11-1-2-12(13(7-11)16(18)19)15(4-5-17)8-10-3-6-20-9-10/h1-3,6-7,9,17H,4-5,8H2. The lowest BCUT2D eigenvalue weighted by Crippen LogP contribution is -2.26. The Balaban J connectivity index is 2.35. The molecule has 2 aromatic rings. The van der Waals surface area contributed by atoms with Crippen molar-refractivity contribution in [2.45, 2.75) is 6.54 Å². The number of aliphatic hydroxyl groups is 1. The van der Waals surface area contributed by atoms with Crippen LogP contribution in [0, 0.1) is 10.1 Å². The zero-order valence-corrected chi connectivity index (χ0v) is 12.1. The fourth-order valence-corrected chi connectivity index (χ4v) is 2.74. The predicted molar refractivity (Wildman–Crippen MR) is 80.6 cm³/mol. The number of hydrogen-bond donors (Lipinski definition) is 1. The maximum atomic E-state index is 11.1. The highest BCUT2D eigenvalue weighted by molar-refractivity contribution is 7.07. The van der Waals surface area contributed by atoms with Crippen LogP contribution in [0.15, 0.2) is 35.0 Å². The topological polar surface area (TPSA) is 66.6 Å². The average molecular weight is 313 g/mol. The first-order valence-electron chi connectivity index (χ1n) is 5.92. The van der Waals surface area contributed by atoms with Crippen LogP contribution in [0.2, 0.25) is 5.02 Å². The zero-order chi connectivity index (χ0) is 14.5. The van der Waals surface area contributed by atoms with E-state index in [0.717, 1.165) is 5.56 Å². The summed E-state index contributed by atoms with van der Waals surface area (Å²) in [5.41, 5.74) is 1.45. The van der Waals surface area contributed by atoms with Gasteiger partial charge < -0.3 is 10.0 Å². The van der Waals surface area contributed by atoms with Gasteiger partial charge in [0.2, 0.25) is 0 Å². The van der Waals surface area contributed by atoms with E-state index >= 15 is 0 Å². The van der Waals surface area contributed by atoms with Crippen molar-refractivity contribution in [2.24, 2.45) is 0 Å². The van der Waals surface area contributed by atoms with Crippen molar-refractivity contribution in [1.29, 1.82) is 0 Å². The van der Waals surface area contributed by atoms with Gasteiger partial charge in [-0.25, -0.2) is 0 Å². The van der Waals surface area contributed by atoms with Crippen molar-refractivity contribution in [3.8, 4) is 0 Å². The minimum atomic E-state index is -0.459. The molecular formula is C13H13ClN2O3S. The minimum Gasteiger partial charge on any atom is -0.395 e. The summed E-state index contributed by atoms with van der Waals surface area (Å²) in [6.07, 6.45) is 0. The summed E-state index contributed by atoms with van der Waals surface area (Å²) < 4.78 is 0. The highest BCUT2D eigenvalue weighted by Crippen LogP contribution is 2.32. The first-order chi connectivity index (χ1) is 9.61. The Kier molecular flexibility index (Phi) is 4.94. The smallest absolute Gasteiger partial charge is 0.294 e. The summed E-state index contributed by atoms with van der Waals surface area (Å²) in [5, 5.41) is 24.6. The van der Waals surface area contributed by atoms with Crippen molar-refractivity contribution in [1.82, 2.24) is 0 Å². The van der Waals surface area contributed by atoms with E-state index in [1.165, 1.54) is 6.07 Å². The molecule has 0 saturated heterocycles. The molecule has 2 rings (SSSR count). The van der Waals surface area contributed by atoms with Gasteiger partial charge in [0.25, 0.3) is 5.69 Å². The van der Waals surface area contributed by atoms with Crippen LogP contribution in [0.3, 0.4) is 0 Å². The molecule has 0 fully saturated rings. The Morgan fingerprint density at radius 2 is 2.20 bits per heavy atom. The molecule has 0 saturated carbocycles. The molecule has 1 aromatic heterocycles. The average Bonchev–Trinajstić information content (AvgIpc) is 2.91. The van der Waals surface area contributed by atoms with Crippen molar-refractivity contribution < 1.29 is 10.0 Å². The first-order valence-corrected chi connectivity index (χ1v) is 7.24. The van der Waals surface area contributed by atoms with E-state index < -0.39 is 4.92 Å². The lowest BCUT2D eigenvalue weighted by Gasteiger charge is -2.23. The monoisotopic (exact) mass is 312 g/mol. The number of hydrogen-bond acceptors (Lipinski definition) is 5. The van der Waals surface area contributed by atoms with E-state index in [1.54, 1.807) is 28.4 Å². The van der Waals surface area contributed by atoms with Crippen LogP contribution in [-0.2, 0) is 6.54 Å². The van der Waals surface area contributed by atoms with Gasteiger partial charge in [0.15, 0.2) is 0 Å². The molecule has 0 amide bonds. The number of halogens is 1. The van der Waals surface area contributed by atoms with Crippen LogP contribution in [0.4, 0.5) is 11.4 Å². The number of benzene rings is 1. The molecule has 0 radical (unpaired) electrons. The van der Waals surface area contributed by atoms with E-state index in [-0.39, 0.29) is 12.3 Å². The van der Waals surface area contributed by atoms with Crippen molar-refractivity contribution in [2.75, 3.05) is 18.1 Å². The highest BCUT2D eigenvalue weighted by Gasteiger charge is 2.20. The second kappa shape index (κ2) is 6.69. The van der Waals surface area contributed by atoms with Gasteiger partial charge in [-0.1, -0.05) is 11.6 Å². The third kappa shape index (κ3) is 3.47. The van der Waals surface area contributed by atoms with Gasteiger partial charge in [-0.05, 0) is 34.5 Å². The molecule has 0 aliphatic heterocycles. The Hall–Kier alpha value is -1.63. The second-order valence-corrected chi connectivity index (χ2v) is 5.38. The quantitative estimate of drug-likeness (QED) is 0.656. The fraction of sp³-hybridized carbons (Fsp3) is 0.231. The van der Waals surface area contributed by atoms with Crippen LogP contribution in [0.25, 0.3) is 0 Å². The molecule has 0 atom stereocenters. The molecule has 106 valence electrons.